The van der Waals surface area contributed by atoms with Crippen LogP contribution < -0.4 is 22.0 Å². The van der Waals surface area contributed by atoms with Crippen LogP contribution in [0.15, 0.2) is 23.5 Å². The second-order valence-corrected chi connectivity index (χ2v) is 2.98. The van der Waals surface area contributed by atoms with Gasteiger partial charge in [-0.2, -0.15) is 4.98 Å². The van der Waals surface area contributed by atoms with Crippen LogP contribution in [0.25, 0.3) is 0 Å². The van der Waals surface area contributed by atoms with Gasteiger partial charge in [0.15, 0.2) is 0 Å². The van der Waals surface area contributed by atoms with Gasteiger partial charge in [-0.05, 0) is 0 Å². The zero-order valence-electron chi connectivity index (χ0n) is 8.86. The third-order valence-corrected chi connectivity index (χ3v) is 1.85. The molecule has 0 unspecified atom stereocenters. The Hall–Kier alpha value is -2.31. The van der Waals surface area contributed by atoms with Gasteiger partial charge in [-0.3, -0.25) is 10.1 Å². The number of amides is 2. The summed E-state index contributed by atoms with van der Waals surface area (Å²) < 4.78 is 1.14. The van der Waals surface area contributed by atoms with Crippen LogP contribution in [0.2, 0.25) is 0 Å². The first-order valence-electron chi connectivity index (χ1n) is 4.56. The number of urea groups is 1. The fraction of sp³-hybridized carbons (Fsp3) is 0.222. The largest absolute Gasteiger partial charge is 0.341 e. The van der Waals surface area contributed by atoms with Gasteiger partial charge in [0.2, 0.25) is 5.95 Å². The Morgan fingerprint density at radius 3 is 3.00 bits per heavy atom. The van der Waals surface area contributed by atoms with Crippen molar-refractivity contribution in [2.75, 3.05) is 18.2 Å². The highest BCUT2D eigenvalue weighted by molar-refractivity contribution is 5.87. The molecule has 0 aliphatic rings. The fourth-order valence-corrected chi connectivity index (χ4v) is 1.10. The summed E-state index contributed by atoms with van der Waals surface area (Å²) in [5.41, 5.74) is 0.0476. The fourth-order valence-electron chi connectivity index (χ4n) is 1.10. The second kappa shape index (κ2) is 4.96. The highest BCUT2D eigenvalue weighted by Crippen LogP contribution is 2.02. The van der Waals surface area contributed by atoms with E-state index in [9.17, 15) is 9.59 Å². The van der Waals surface area contributed by atoms with Crippen molar-refractivity contribution in [1.29, 1.82) is 0 Å². The molecule has 0 saturated heterocycles. The Morgan fingerprint density at radius 1 is 1.75 bits per heavy atom. The Morgan fingerprint density at radius 2 is 2.44 bits per heavy atom. The van der Waals surface area contributed by atoms with Crippen LogP contribution in [0, 0.1) is 0 Å². The molecule has 0 spiro atoms. The number of nitrogen functional groups attached to an aromatic ring is 1. The van der Waals surface area contributed by atoms with E-state index >= 15 is 0 Å². The molecular formula is C9H13N5O2. The molecule has 1 rings (SSSR count). The third-order valence-electron chi connectivity index (χ3n) is 1.85. The highest BCUT2D eigenvalue weighted by atomic mass is 16.2. The van der Waals surface area contributed by atoms with E-state index in [0.29, 0.717) is 12.1 Å². The molecule has 0 bridgehead atoms. The molecule has 0 saturated carbocycles. The second-order valence-electron chi connectivity index (χ2n) is 2.98. The molecule has 0 aromatic carbocycles. The van der Waals surface area contributed by atoms with Crippen LogP contribution in [0.3, 0.4) is 0 Å². The molecule has 7 nitrogen and oxygen atoms in total. The van der Waals surface area contributed by atoms with E-state index in [-0.39, 0.29) is 5.95 Å². The first-order chi connectivity index (χ1) is 7.58. The van der Waals surface area contributed by atoms with Crippen molar-refractivity contribution < 1.29 is 4.79 Å². The normalized spacial score (nSPS) is 9.56. The summed E-state index contributed by atoms with van der Waals surface area (Å²) in [6.45, 7) is 3.54. The Labute approximate surface area is 91.9 Å². The van der Waals surface area contributed by atoms with Gasteiger partial charge in [-0.15, -0.1) is 6.58 Å². The predicted octanol–water partition coefficient (Wildman–Crippen LogP) is -0.563. The van der Waals surface area contributed by atoms with Gasteiger partial charge in [0.25, 0.3) is 5.56 Å². The minimum atomic E-state index is -0.498. The first-order valence-corrected chi connectivity index (χ1v) is 4.56. The van der Waals surface area contributed by atoms with Gasteiger partial charge in [-0.25, -0.2) is 9.47 Å². The van der Waals surface area contributed by atoms with Crippen molar-refractivity contribution in [2.24, 2.45) is 0 Å². The molecule has 1 heterocycles. The molecule has 16 heavy (non-hydrogen) atoms. The van der Waals surface area contributed by atoms with Crippen molar-refractivity contribution in [2.45, 2.75) is 6.42 Å². The minimum absolute atomic E-state index is 0.0105. The number of anilines is 1. The average Bonchev–Trinajstić information content (AvgIpc) is 2.25. The Balaban J connectivity index is 3.13. The summed E-state index contributed by atoms with van der Waals surface area (Å²) in [4.78, 5) is 25.9. The van der Waals surface area contributed by atoms with E-state index in [0.717, 1.165) is 4.68 Å². The van der Waals surface area contributed by atoms with Crippen LogP contribution in [0.5, 0.6) is 0 Å². The Kier molecular flexibility index (Phi) is 3.65. The van der Waals surface area contributed by atoms with Gasteiger partial charge in [-0.1, -0.05) is 6.08 Å². The van der Waals surface area contributed by atoms with Crippen LogP contribution in [0.1, 0.15) is 5.69 Å². The summed E-state index contributed by atoms with van der Waals surface area (Å²) in [6, 6.07) is 0.790. The summed E-state index contributed by atoms with van der Waals surface area (Å²) in [5, 5.41) is 4.67. The van der Waals surface area contributed by atoms with Crippen LogP contribution in [-0.4, -0.2) is 22.7 Å². The maximum absolute atomic E-state index is 11.2. The lowest BCUT2D eigenvalue weighted by atomic mass is 10.3. The number of carbonyl (C=O) groups is 1. The monoisotopic (exact) mass is 223 g/mol. The molecule has 0 radical (unpaired) electrons. The van der Waals surface area contributed by atoms with Gasteiger partial charge in [0, 0.05) is 19.5 Å². The summed E-state index contributed by atoms with van der Waals surface area (Å²) in [7, 11) is 1.45. The molecular weight excluding hydrogens is 210 g/mol. The van der Waals surface area contributed by atoms with E-state index in [1.807, 2.05) is 0 Å². The maximum Gasteiger partial charge on any atom is 0.321 e. The zero-order valence-corrected chi connectivity index (χ0v) is 8.86. The standard InChI is InChI=1S/C9H13N5O2/c1-3-4-6-5-7(15)12-8(14(6)10)13-9(16)11-2/h3,5H,1,4,10H2,2H3,(H2,11,12,13,15,16). The van der Waals surface area contributed by atoms with Gasteiger partial charge in [0.1, 0.15) is 0 Å². The van der Waals surface area contributed by atoms with Gasteiger partial charge < -0.3 is 11.2 Å². The van der Waals surface area contributed by atoms with Crippen molar-refractivity contribution in [3.8, 4) is 0 Å². The molecule has 0 atom stereocenters. The van der Waals surface area contributed by atoms with Crippen LogP contribution >= 0.6 is 0 Å². The zero-order chi connectivity index (χ0) is 12.1. The number of nitrogens with one attached hydrogen (secondary N) is 2. The molecule has 1 aromatic rings. The SMILES string of the molecule is C=CCc1cc(=O)nc(NC(=O)NC)n1N. The van der Waals surface area contributed by atoms with E-state index in [1.54, 1.807) is 6.08 Å². The lowest BCUT2D eigenvalue weighted by Crippen LogP contribution is -2.32. The van der Waals surface area contributed by atoms with Crippen molar-refractivity contribution in [1.82, 2.24) is 15.0 Å². The summed E-state index contributed by atoms with van der Waals surface area (Å²) in [6.07, 6.45) is 2.01. The highest BCUT2D eigenvalue weighted by Gasteiger charge is 2.08. The predicted molar refractivity (Wildman–Crippen MR) is 60.6 cm³/mol. The number of nitrogens with two attached hydrogens (primary N) is 1. The molecule has 0 fully saturated rings. The lowest BCUT2D eigenvalue weighted by Gasteiger charge is -2.11. The lowest BCUT2D eigenvalue weighted by molar-refractivity contribution is 0.253. The van der Waals surface area contributed by atoms with Gasteiger partial charge >= 0.3 is 6.03 Å². The number of nitrogens with zero attached hydrogens (tertiary/aromatic N) is 2. The number of hydrogen-bond acceptors (Lipinski definition) is 4. The average molecular weight is 223 g/mol. The maximum atomic E-state index is 11.2. The quantitative estimate of drug-likeness (QED) is 0.472. The molecule has 2 amide bonds. The summed E-state index contributed by atoms with van der Waals surface area (Å²) in [5.74, 6) is 5.66. The number of aromatic nitrogens is 2. The topological polar surface area (TPSA) is 102 Å². The van der Waals surface area contributed by atoms with Gasteiger partial charge in [0.05, 0.1) is 5.69 Å². The first kappa shape index (κ1) is 11.8. The number of rotatable bonds is 3. The molecule has 0 aliphatic heterocycles. The van der Waals surface area contributed by atoms with E-state index in [4.69, 9.17) is 5.84 Å². The van der Waals surface area contributed by atoms with Crippen molar-refractivity contribution in [3.63, 3.8) is 0 Å². The van der Waals surface area contributed by atoms with Crippen molar-refractivity contribution in [3.05, 3.63) is 34.8 Å². The van der Waals surface area contributed by atoms with Crippen LogP contribution in [0.4, 0.5) is 10.7 Å². The van der Waals surface area contributed by atoms with E-state index in [2.05, 4.69) is 22.2 Å². The molecule has 86 valence electrons. The van der Waals surface area contributed by atoms with Crippen LogP contribution in [-0.2, 0) is 6.42 Å². The van der Waals surface area contributed by atoms with E-state index in [1.165, 1.54) is 13.1 Å². The number of carbonyl (C=O) groups excluding carboxylic acids is 1. The third kappa shape index (κ3) is 2.59. The molecule has 1 aromatic heterocycles. The number of allylic oxidation sites excluding steroid dienone is 1. The molecule has 0 aliphatic carbocycles. The number of hydrogen-bond donors (Lipinski definition) is 3. The smallest absolute Gasteiger partial charge is 0.321 e. The molecule has 7 heteroatoms. The Bertz CT molecular complexity index is 465. The summed E-state index contributed by atoms with van der Waals surface area (Å²) >= 11 is 0. The molecule has 4 N–H and O–H groups in total. The van der Waals surface area contributed by atoms with Crippen molar-refractivity contribution >= 4 is 12.0 Å². The van der Waals surface area contributed by atoms with E-state index < -0.39 is 11.6 Å². The minimum Gasteiger partial charge on any atom is -0.341 e.